The minimum absolute atomic E-state index is 0. The number of nitrogens with zero attached hydrogens (tertiary/aromatic N) is 1. The molecule has 0 aliphatic heterocycles. The number of H-pyrrole nitrogens is 1. The molecule has 2 nitrogen and oxygen atoms in total. The Hall–Kier alpha value is -0.350. The molecule has 0 aliphatic rings. The Labute approximate surface area is 121 Å². The summed E-state index contributed by atoms with van der Waals surface area (Å²) in [5.74, 6) is 0.849. The standard InChI is InChI=1S/C11H10Cl2N2S.ClH/c1-7-3-2-4-8(5-7)6-16-11-14-9(12)10(13)15-11;/h2-5H,6H2,1H3,(H,14,15);1H. The molecule has 0 unspecified atom stereocenters. The number of hydrogen-bond donors (Lipinski definition) is 1. The average molecular weight is 310 g/mol. The number of imidazole rings is 1. The first kappa shape index (κ1) is 14.7. The van der Waals surface area contributed by atoms with E-state index in [1.54, 1.807) is 11.8 Å². The van der Waals surface area contributed by atoms with Gasteiger partial charge in [0.25, 0.3) is 0 Å². The summed E-state index contributed by atoms with van der Waals surface area (Å²) >= 11 is 13.1. The van der Waals surface area contributed by atoms with Crippen LogP contribution in [0.3, 0.4) is 0 Å². The van der Waals surface area contributed by atoms with Crippen LogP contribution in [0.1, 0.15) is 11.1 Å². The van der Waals surface area contributed by atoms with E-state index in [1.165, 1.54) is 11.1 Å². The molecule has 2 rings (SSSR count). The summed E-state index contributed by atoms with van der Waals surface area (Å²) in [6.07, 6.45) is 0. The number of aromatic amines is 1. The number of rotatable bonds is 3. The Morgan fingerprint density at radius 2 is 2.12 bits per heavy atom. The van der Waals surface area contributed by atoms with E-state index in [9.17, 15) is 0 Å². The van der Waals surface area contributed by atoms with Crippen LogP contribution in [0.4, 0.5) is 0 Å². The molecule has 0 spiro atoms. The Morgan fingerprint density at radius 3 is 2.71 bits per heavy atom. The van der Waals surface area contributed by atoms with Crippen LogP contribution >= 0.6 is 47.4 Å². The lowest BCUT2D eigenvalue weighted by molar-refractivity contribution is 1.06. The summed E-state index contributed by atoms with van der Waals surface area (Å²) in [4.78, 5) is 7.00. The van der Waals surface area contributed by atoms with Gasteiger partial charge in [0.2, 0.25) is 0 Å². The molecule has 0 fully saturated rings. The first-order chi connectivity index (χ1) is 7.65. The molecule has 92 valence electrons. The number of halogens is 3. The highest BCUT2D eigenvalue weighted by molar-refractivity contribution is 7.98. The molecule has 1 aromatic carbocycles. The van der Waals surface area contributed by atoms with Crippen molar-refractivity contribution in [1.29, 1.82) is 0 Å². The molecule has 6 heteroatoms. The summed E-state index contributed by atoms with van der Waals surface area (Å²) in [7, 11) is 0. The Kier molecular flexibility index (Phi) is 5.67. The third kappa shape index (κ3) is 4.11. The lowest BCUT2D eigenvalue weighted by Crippen LogP contribution is -1.82. The molecule has 0 amide bonds. The maximum atomic E-state index is 5.77. The summed E-state index contributed by atoms with van der Waals surface area (Å²) in [5.41, 5.74) is 2.52. The molecule has 1 N–H and O–H groups in total. The summed E-state index contributed by atoms with van der Waals surface area (Å²) < 4.78 is 0. The van der Waals surface area contributed by atoms with E-state index in [-0.39, 0.29) is 12.4 Å². The maximum absolute atomic E-state index is 5.77. The van der Waals surface area contributed by atoms with Crippen LogP contribution in [0.15, 0.2) is 29.4 Å². The Balaban J connectivity index is 0.00000144. The maximum Gasteiger partial charge on any atom is 0.168 e. The second-order valence-corrected chi connectivity index (χ2v) is 5.12. The molecule has 0 bridgehead atoms. The van der Waals surface area contributed by atoms with E-state index in [4.69, 9.17) is 23.2 Å². The van der Waals surface area contributed by atoms with Gasteiger partial charge in [0.1, 0.15) is 5.15 Å². The molecule has 0 saturated heterocycles. The summed E-state index contributed by atoms with van der Waals surface area (Å²) in [5, 5.41) is 1.47. The zero-order valence-electron chi connectivity index (χ0n) is 9.04. The largest absolute Gasteiger partial charge is 0.323 e. The van der Waals surface area contributed by atoms with Gasteiger partial charge >= 0.3 is 0 Å². The minimum Gasteiger partial charge on any atom is -0.323 e. The first-order valence-corrected chi connectivity index (χ1v) is 6.48. The highest BCUT2D eigenvalue weighted by Gasteiger charge is 2.06. The van der Waals surface area contributed by atoms with Crippen LogP contribution in [0, 0.1) is 6.92 Å². The van der Waals surface area contributed by atoms with Gasteiger partial charge in [-0.1, -0.05) is 64.8 Å². The molecule has 17 heavy (non-hydrogen) atoms. The van der Waals surface area contributed by atoms with Gasteiger partial charge in [-0.2, -0.15) is 0 Å². The molecule has 1 heterocycles. The van der Waals surface area contributed by atoms with Gasteiger partial charge in [0.15, 0.2) is 10.3 Å². The fraction of sp³-hybridized carbons (Fsp3) is 0.182. The Bertz CT molecular complexity index is 480. The average Bonchev–Trinajstić information content (AvgIpc) is 2.56. The van der Waals surface area contributed by atoms with E-state index >= 15 is 0 Å². The van der Waals surface area contributed by atoms with Gasteiger partial charge in [0.05, 0.1) is 0 Å². The molecule has 1 aromatic heterocycles. The van der Waals surface area contributed by atoms with Gasteiger partial charge < -0.3 is 4.98 Å². The topological polar surface area (TPSA) is 28.7 Å². The van der Waals surface area contributed by atoms with Crippen LogP contribution in [-0.4, -0.2) is 9.97 Å². The fourth-order valence-electron chi connectivity index (χ4n) is 1.33. The fourth-order valence-corrected chi connectivity index (χ4v) is 2.52. The van der Waals surface area contributed by atoms with Gasteiger partial charge in [-0.25, -0.2) is 4.98 Å². The molecule has 0 saturated carbocycles. The number of thioether (sulfide) groups is 1. The van der Waals surface area contributed by atoms with E-state index in [2.05, 4.69) is 35.1 Å². The third-order valence-electron chi connectivity index (χ3n) is 2.06. The van der Waals surface area contributed by atoms with Crippen molar-refractivity contribution in [2.75, 3.05) is 0 Å². The van der Waals surface area contributed by atoms with Crippen LogP contribution < -0.4 is 0 Å². The highest BCUT2D eigenvalue weighted by atomic mass is 35.5. The van der Waals surface area contributed by atoms with Gasteiger partial charge in [-0.3, -0.25) is 0 Å². The van der Waals surface area contributed by atoms with Crippen molar-refractivity contribution in [3.05, 3.63) is 45.7 Å². The van der Waals surface area contributed by atoms with E-state index in [1.807, 2.05) is 6.07 Å². The predicted octanol–water partition coefficient (Wildman–Crippen LogP) is 4.74. The van der Waals surface area contributed by atoms with Crippen LogP contribution in [0.2, 0.25) is 10.3 Å². The van der Waals surface area contributed by atoms with Gasteiger partial charge in [0, 0.05) is 5.75 Å². The minimum atomic E-state index is 0. The van der Waals surface area contributed by atoms with Crippen molar-refractivity contribution in [1.82, 2.24) is 9.97 Å². The van der Waals surface area contributed by atoms with Crippen molar-refractivity contribution in [3.8, 4) is 0 Å². The van der Waals surface area contributed by atoms with Crippen LogP contribution in [0.5, 0.6) is 0 Å². The normalized spacial score (nSPS) is 10.1. The monoisotopic (exact) mass is 308 g/mol. The predicted molar refractivity (Wildman–Crippen MR) is 76.6 cm³/mol. The van der Waals surface area contributed by atoms with Gasteiger partial charge in [-0.05, 0) is 12.5 Å². The van der Waals surface area contributed by atoms with E-state index < -0.39 is 0 Å². The van der Waals surface area contributed by atoms with E-state index in [0.29, 0.717) is 10.3 Å². The lowest BCUT2D eigenvalue weighted by Gasteiger charge is -2.00. The SMILES string of the molecule is Cc1cccc(CSc2nc(Cl)c(Cl)[nH]2)c1.Cl. The van der Waals surface area contributed by atoms with Crippen molar-refractivity contribution < 1.29 is 0 Å². The first-order valence-electron chi connectivity index (χ1n) is 4.74. The zero-order chi connectivity index (χ0) is 11.5. The highest BCUT2D eigenvalue weighted by Crippen LogP contribution is 2.26. The molecule has 0 radical (unpaired) electrons. The van der Waals surface area contributed by atoms with Crippen molar-refractivity contribution in [2.45, 2.75) is 17.8 Å². The number of aromatic nitrogens is 2. The lowest BCUT2D eigenvalue weighted by atomic mass is 10.2. The Morgan fingerprint density at radius 1 is 1.35 bits per heavy atom. The molecular formula is C11H11Cl3N2S. The number of aryl methyl sites for hydroxylation is 1. The zero-order valence-corrected chi connectivity index (χ0v) is 12.2. The second-order valence-electron chi connectivity index (χ2n) is 3.42. The van der Waals surface area contributed by atoms with Crippen molar-refractivity contribution in [3.63, 3.8) is 0 Å². The quantitative estimate of drug-likeness (QED) is 0.830. The third-order valence-corrected chi connectivity index (χ3v) is 3.64. The number of nitrogens with one attached hydrogen (secondary N) is 1. The van der Waals surface area contributed by atoms with Crippen LogP contribution in [0.25, 0.3) is 0 Å². The summed E-state index contributed by atoms with van der Waals surface area (Å²) in [6, 6.07) is 8.37. The molecule has 2 aromatic rings. The van der Waals surface area contributed by atoms with E-state index in [0.717, 1.165) is 10.9 Å². The van der Waals surface area contributed by atoms with Gasteiger partial charge in [-0.15, -0.1) is 12.4 Å². The molecule has 0 atom stereocenters. The smallest absolute Gasteiger partial charge is 0.168 e. The number of benzene rings is 1. The molecular weight excluding hydrogens is 299 g/mol. The van der Waals surface area contributed by atoms with Crippen LogP contribution in [-0.2, 0) is 5.75 Å². The summed E-state index contributed by atoms with van der Waals surface area (Å²) in [6.45, 7) is 2.08. The second kappa shape index (κ2) is 6.55. The number of hydrogen-bond acceptors (Lipinski definition) is 2. The van der Waals surface area contributed by atoms with Crippen molar-refractivity contribution >= 4 is 47.4 Å². The molecule has 0 aliphatic carbocycles. The van der Waals surface area contributed by atoms with Crippen molar-refractivity contribution in [2.24, 2.45) is 0 Å².